The highest BCUT2D eigenvalue weighted by atomic mass is 15.3. The van der Waals surface area contributed by atoms with Gasteiger partial charge in [-0.3, -0.25) is 4.90 Å². The van der Waals surface area contributed by atoms with Gasteiger partial charge < -0.3 is 4.90 Å². The largest absolute Gasteiger partial charge is 0.354 e. The summed E-state index contributed by atoms with van der Waals surface area (Å²) in [6.07, 6.45) is 1.12. The molecule has 0 unspecified atom stereocenters. The van der Waals surface area contributed by atoms with Crippen LogP contribution in [0.3, 0.4) is 0 Å². The molecule has 31 heavy (non-hydrogen) atoms. The maximum absolute atomic E-state index is 5.12. The van der Waals surface area contributed by atoms with Crippen LogP contribution in [0.25, 0.3) is 22.0 Å². The zero-order valence-corrected chi connectivity index (χ0v) is 18.2. The lowest BCUT2D eigenvalue weighted by molar-refractivity contribution is 0.260. The normalized spacial score (nSPS) is 14.8. The molecule has 5 rings (SSSR count). The van der Waals surface area contributed by atoms with Crippen LogP contribution in [0.2, 0.25) is 0 Å². The van der Waals surface area contributed by atoms with E-state index in [9.17, 15) is 0 Å². The second-order valence-corrected chi connectivity index (χ2v) is 8.48. The average Bonchev–Trinajstić information content (AvgIpc) is 2.84. The lowest BCUT2D eigenvalue weighted by Gasteiger charge is -2.35. The second-order valence-electron chi connectivity index (χ2n) is 8.48. The third-order valence-corrected chi connectivity index (χ3v) is 6.32. The highest BCUT2D eigenvalue weighted by Gasteiger charge is 2.18. The smallest absolute Gasteiger partial charge is 0.129 e. The standard InChI is InChI=1S/C28H29N3/c1-22-10-12-24(13-11-22)26-9-5-8-25-14-15-27(29-28(25)26)31-20-18-30(19-21-31)17-16-23-6-3-2-4-7-23/h2-15H,16-21H2,1H3. The Labute approximate surface area is 185 Å². The quantitative estimate of drug-likeness (QED) is 0.431. The molecule has 0 atom stereocenters. The molecule has 1 fully saturated rings. The molecule has 0 saturated carbocycles. The number of hydrogen-bond acceptors (Lipinski definition) is 3. The molecule has 1 aliphatic rings. The fraction of sp³-hybridized carbons (Fsp3) is 0.250. The molecule has 0 N–H and O–H groups in total. The molecule has 1 aliphatic heterocycles. The molecule has 1 saturated heterocycles. The Hall–Kier alpha value is -3.17. The van der Waals surface area contributed by atoms with E-state index < -0.39 is 0 Å². The van der Waals surface area contributed by atoms with Crippen LogP contribution in [0.15, 0.2) is 84.9 Å². The summed E-state index contributed by atoms with van der Waals surface area (Å²) in [5.41, 5.74) is 6.23. The number of benzene rings is 3. The van der Waals surface area contributed by atoms with E-state index in [1.807, 2.05) is 0 Å². The van der Waals surface area contributed by atoms with Gasteiger partial charge >= 0.3 is 0 Å². The molecule has 3 nitrogen and oxygen atoms in total. The Kier molecular flexibility index (Phi) is 5.68. The van der Waals surface area contributed by atoms with E-state index in [4.69, 9.17) is 4.98 Å². The lowest BCUT2D eigenvalue weighted by atomic mass is 10.0. The van der Waals surface area contributed by atoms with Gasteiger partial charge in [0.2, 0.25) is 0 Å². The van der Waals surface area contributed by atoms with Gasteiger partial charge in [0.05, 0.1) is 5.52 Å². The maximum Gasteiger partial charge on any atom is 0.129 e. The van der Waals surface area contributed by atoms with Gasteiger partial charge in [0.1, 0.15) is 5.82 Å². The van der Waals surface area contributed by atoms with E-state index in [1.54, 1.807) is 0 Å². The first-order valence-corrected chi connectivity index (χ1v) is 11.2. The van der Waals surface area contributed by atoms with Crippen molar-refractivity contribution in [2.24, 2.45) is 0 Å². The van der Waals surface area contributed by atoms with E-state index in [-0.39, 0.29) is 0 Å². The van der Waals surface area contributed by atoms with E-state index in [2.05, 4.69) is 102 Å². The average molecular weight is 408 g/mol. The summed E-state index contributed by atoms with van der Waals surface area (Å²) in [6.45, 7) is 7.49. The van der Waals surface area contributed by atoms with Crippen molar-refractivity contribution in [2.45, 2.75) is 13.3 Å². The first kappa shape index (κ1) is 19.8. The number of aromatic nitrogens is 1. The topological polar surface area (TPSA) is 19.4 Å². The van der Waals surface area contributed by atoms with Crippen molar-refractivity contribution in [2.75, 3.05) is 37.6 Å². The molecule has 4 aromatic rings. The summed E-state index contributed by atoms with van der Waals surface area (Å²) < 4.78 is 0. The van der Waals surface area contributed by atoms with Crippen molar-refractivity contribution >= 4 is 16.7 Å². The summed E-state index contributed by atoms with van der Waals surface area (Å²) in [4.78, 5) is 10.1. The Morgan fingerprint density at radius 2 is 1.52 bits per heavy atom. The molecule has 0 radical (unpaired) electrons. The van der Waals surface area contributed by atoms with Gasteiger partial charge in [-0.1, -0.05) is 78.4 Å². The molecular weight excluding hydrogens is 378 g/mol. The number of rotatable bonds is 5. The van der Waals surface area contributed by atoms with E-state index in [0.717, 1.165) is 50.5 Å². The van der Waals surface area contributed by atoms with Crippen LogP contribution in [0, 0.1) is 6.92 Å². The van der Waals surface area contributed by atoms with Crippen LogP contribution in [0.5, 0.6) is 0 Å². The molecule has 0 amide bonds. The second kappa shape index (κ2) is 8.91. The number of fused-ring (bicyclic) bond motifs is 1. The van der Waals surface area contributed by atoms with Gasteiger partial charge in [0.15, 0.2) is 0 Å². The number of hydrogen-bond donors (Lipinski definition) is 0. The zero-order valence-electron chi connectivity index (χ0n) is 18.2. The van der Waals surface area contributed by atoms with Crippen LogP contribution in [0.1, 0.15) is 11.1 Å². The molecule has 0 spiro atoms. The number of para-hydroxylation sites is 1. The number of aryl methyl sites for hydroxylation is 1. The van der Waals surface area contributed by atoms with Gasteiger partial charge in [-0.2, -0.15) is 0 Å². The summed E-state index contributed by atoms with van der Waals surface area (Å²) in [5.74, 6) is 1.09. The van der Waals surface area contributed by atoms with Crippen molar-refractivity contribution in [3.05, 3.63) is 96.1 Å². The minimum absolute atomic E-state index is 1.03. The van der Waals surface area contributed by atoms with Crippen LogP contribution in [-0.2, 0) is 6.42 Å². The highest BCUT2D eigenvalue weighted by Crippen LogP contribution is 2.29. The first-order chi connectivity index (χ1) is 15.3. The molecular formula is C28H29N3. The third-order valence-electron chi connectivity index (χ3n) is 6.32. The van der Waals surface area contributed by atoms with Crippen molar-refractivity contribution in [1.82, 2.24) is 9.88 Å². The van der Waals surface area contributed by atoms with Crippen LogP contribution < -0.4 is 4.90 Å². The Bertz CT molecular complexity index is 1140. The molecule has 1 aromatic heterocycles. The molecule has 2 heterocycles. The summed E-state index contributed by atoms with van der Waals surface area (Å²) in [5, 5.41) is 1.20. The van der Waals surface area contributed by atoms with Crippen molar-refractivity contribution in [1.29, 1.82) is 0 Å². The number of piperazine rings is 1. The Morgan fingerprint density at radius 3 is 2.29 bits per heavy atom. The SMILES string of the molecule is Cc1ccc(-c2cccc3ccc(N4CCN(CCc5ccccc5)CC4)nc23)cc1. The molecule has 0 bridgehead atoms. The van der Waals surface area contributed by atoms with Crippen molar-refractivity contribution < 1.29 is 0 Å². The molecule has 3 aromatic carbocycles. The molecule has 156 valence electrons. The van der Waals surface area contributed by atoms with Crippen LogP contribution >= 0.6 is 0 Å². The monoisotopic (exact) mass is 407 g/mol. The van der Waals surface area contributed by atoms with Crippen molar-refractivity contribution in [3.63, 3.8) is 0 Å². The molecule has 3 heteroatoms. The summed E-state index contributed by atoms with van der Waals surface area (Å²) >= 11 is 0. The Morgan fingerprint density at radius 1 is 0.742 bits per heavy atom. The van der Waals surface area contributed by atoms with Gasteiger partial charge in [0.25, 0.3) is 0 Å². The highest BCUT2D eigenvalue weighted by molar-refractivity contribution is 5.94. The van der Waals surface area contributed by atoms with Crippen LogP contribution in [-0.4, -0.2) is 42.6 Å². The minimum atomic E-state index is 1.03. The van der Waals surface area contributed by atoms with Gasteiger partial charge in [-0.25, -0.2) is 4.98 Å². The van der Waals surface area contributed by atoms with Crippen LogP contribution in [0.4, 0.5) is 5.82 Å². The van der Waals surface area contributed by atoms with Gasteiger partial charge in [-0.05, 0) is 36.6 Å². The fourth-order valence-corrected chi connectivity index (χ4v) is 4.41. The third kappa shape index (κ3) is 4.47. The summed E-state index contributed by atoms with van der Waals surface area (Å²) in [7, 11) is 0. The first-order valence-electron chi connectivity index (χ1n) is 11.2. The predicted molar refractivity (Wildman–Crippen MR) is 131 cm³/mol. The number of pyridine rings is 1. The lowest BCUT2D eigenvalue weighted by Crippen LogP contribution is -2.47. The van der Waals surface area contributed by atoms with E-state index >= 15 is 0 Å². The fourth-order valence-electron chi connectivity index (χ4n) is 4.41. The van der Waals surface area contributed by atoms with E-state index in [0.29, 0.717) is 0 Å². The predicted octanol–water partition coefficient (Wildman–Crippen LogP) is 5.57. The maximum atomic E-state index is 5.12. The van der Waals surface area contributed by atoms with Gasteiger partial charge in [0, 0.05) is 43.7 Å². The number of anilines is 1. The minimum Gasteiger partial charge on any atom is -0.354 e. The zero-order chi connectivity index (χ0) is 21.0. The molecule has 0 aliphatic carbocycles. The van der Waals surface area contributed by atoms with Gasteiger partial charge in [-0.15, -0.1) is 0 Å². The van der Waals surface area contributed by atoms with Crippen molar-refractivity contribution in [3.8, 4) is 11.1 Å². The number of nitrogens with zero attached hydrogens (tertiary/aromatic N) is 3. The van der Waals surface area contributed by atoms with E-state index in [1.165, 1.54) is 27.6 Å². The Balaban J connectivity index is 1.31. The summed E-state index contributed by atoms with van der Waals surface area (Å²) in [6, 6.07) is 30.4.